The van der Waals surface area contributed by atoms with Gasteiger partial charge in [-0.25, -0.2) is 9.37 Å². The molecule has 0 spiro atoms. The second kappa shape index (κ2) is 8.64. The van der Waals surface area contributed by atoms with E-state index in [1.165, 1.54) is 25.3 Å². The van der Waals surface area contributed by atoms with E-state index in [2.05, 4.69) is 15.3 Å². The third kappa shape index (κ3) is 4.58. The lowest BCUT2D eigenvalue weighted by Crippen LogP contribution is -2.36. The number of hydrogen-bond acceptors (Lipinski definition) is 3. The number of nitrogens with one attached hydrogen (secondary N) is 2. The minimum absolute atomic E-state index is 0.0414. The van der Waals surface area contributed by atoms with Gasteiger partial charge in [0, 0.05) is 24.9 Å². The molecule has 1 fully saturated rings. The van der Waals surface area contributed by atoms with Crippen molar-refractivity contribution in [2.45, 2.75) is 57.9 Å². The molecule has 29 heavy (non-hydrogen) atoms. The van der Waals surface area contributed by atoms with E-state index >= 15 is 0 Å². The van der Waals surface area contributed by atoms with Crippen molar-refractivity contribution in [1.29, 1.82) is 0 Å². The normalized spacial score (nSPS) is 14.8. The van der Waals surface area contributed by atoms with Crippen molar-refractivity contribution in [3.8, 4) is 11.5 Å². The van der Waals surface area contributed by atoms with Gasteiger partial charge in [0.05, 0.1) is 5.39 Å². The van der Waals surface area contributed by atoms with Crippen molar-refractivity contribution in [2.24, 2.45) is 0 Å². The molecule has 3 aromatic rings. The first-order valence-electron chi connectivity index (χ1n) is 10.3. The van der Waals surface area contributed by atoms with Crippen molar-refractivity contribution in [2.75, 3.05) is 0 Å². The van der Waals surface area contributed by atoms with Crippen LogP contribution in [0, 0.1) is 12.7 Å². The van der Waals surface area contributed by atoms with Crippen LogP contribution in [0.1, 0.15) is 49.7 Å². The zero-order valence-corrected chi connectivity index (χ0v) is 16.6. The number of carbonyl (C=O) groups is 1. The predicted octanol–water partition coefficient (Wildman–Crippen LogP) is 5.18. The number of rotatable bonds is 6. The van der Waals surface area contributed by atoms with Crippen LogP contribution in [0.3, 0.4) is 0 Å². The third-order valence-electron chi connectivity index (χ3n) is 5.56. The van der Waals surface area contributed by atoms with Crippen molar-refractivity contribution in [3.63, 3.8) is 0 Å². The summed E-state index contributed by atoms with van der Waals surface area (Å²) in [7, 11) is 0. The van der Waals surface area contributed by atoms with Crippen LogP contribution in [0.2, 0.25) is 0 Å². The molecule has 2 aromatic heterocycles. The number of benzene rings is 1. The van der Waals surface area contributed by atoms with Gasteiger partial charge in [-0.1, -0.05) is 25.3 Å². The lowest BCUT2D eigenvalue weighted by molar-refractivity contribution is -0.121. The van der Waals surface area contributed by atoms with Crippen LogP contribution in [0.4, 0.5) is 4.39 Å². The summed E-state index contributed by atoms with van der Waals surface area (Å²) in [4.78, 5) is 19.5. The van der Waals surface area contributed by atoms with E-state index in [1.807, 2.05) is 19.2 Å². The molecule has 5 nitrogen and oxygen atoms in total. The summed E-state index contributed by atoms with van der Waals surface area (Å²) >= 11 is 0. The van der Waals surface area contributed by atoms with Crippen LogP contribution in [0.15, 0.2) is 36.7 Å². The van der Waals surface area contributed by atoms with E-state index in [0.29, 0.717) is 30.3 Å². The predicted molar refractivity (Wildman–Crippen MR) is 111 cm³/mol. The summed E-state index contributed by atoms with van der Waals surface area (Å²) in [5, 5.41) is 3.94. The number of aromatic nitrogens is 2. The highest BCUT2D eigenvalue weighted by atomic mass is 19.1. The first kappa shape index (κ1) is 19.4. The number of aromatic amines is 1. The summed E-state index contributed by atoms with van der Waals surface area (Å²) < 4.78 is 20.4. The average Bonchev–Trinajstić information content (AvgIpc) is 3.11. The van der Waals surface area contributed by atoms with Crippen LogP contribution in [-0.2, 0) is 11.2 Å². The number of pyridine rings is 1. The molecular weight excluding hydrogens is 369 g/mol. The van der Waals surface area contributed by atoms with Gasteiger partial charge in [0.15, 0.2) is 11.6 Å². The van der Waals surface area contributed by atoms with E-state index < -0.39 is 5.82 Å². The molecule has 0 radical (unpaired) electrons. The highest BCUT2D eigenvalue weighted by Crippen LogP contribution is 2.32. The number of ether oxygens (including phenoxy) is 1. The van der Waals surface area contributed by atoms with Gasteiger partial charge in [0.1, 0.15) is 11.4 Å². The van der Waals surface area contributed by atoms with E-state index in [1.54, 1.807) is 18.3 Å². The van der Waals surface area contributed by atoms with Gasteiger partial charge in [-0.05, 0) is 55.5 Å². The van der Waals surface area contributed by atoms with E-state index in [0.717, 1.165) is 29.4 Å². The summed E-state index contributed by atoms with van der Waals surface area (Å²) in [6.45, 7) is 1.95. The average molecular weight is 395 g/mol. The Bertz CT molecular complexity index is 1010. The smallest absolute Gasteiger partial charge is 0.220 e. The third-order valence-corrected chi connectivity index (χ3v) is 5.56. The molecule has 1 amide bonds. The van der Waals surface area contributed by atoms with Crippen molar-refractivity contribution >= 4 is 16.9 Å². The molecular formula is C23H26FN3O2. The Labute approximate surface area is 169 Å². The molecule has 1 aliphatic carbocycles. The standard InChI is InChI=1S/C23H26FN3O2/c1-15-14-26-23-22(15)20(11-12-25-23)29-19-9-7-16(13-18(19)24)8-10-21(28)27-17-5-3-2-4-6-17/h7,9,11-14,17H,2-6,8,10H2,1H3,(H,25,26)(H,27,28). The number of amides is 1. The number of carbonyl (C=O) groups excluding carboxylic acids is 1. The van der Waals surface area contributed by atoms with Crippen molar-refractivity contribution < 1.29 is 13.9 Å². The molecule has 0 saturated heterocycles. The second-order valence-corrected chi connectivity index (χ2v) is 7.77. The topological polar surface area (TPSA) is 67.0 Å². The Morgan fingerprint density at radius 1 is 1.24 bits per heavy atom. The SMILES string of the molecule is Cc1c[nH]c2nccc(Oc3ccc(CCC(=O)NC4CCCCC4)cc3F)c12. The van der Waals surface area contributed by atoms with Crippen molar-refractivity contribution in [3.05, 3.63) is 53.6 Å². The Morgan fingerprint density at radius 2 is 2.07 bits per heavy atom. The summed E-state index contributed by atoms with van der Waals surface area (Å²) in [6, 6.07) is 6.92. The molecule has 0 aliphatic heterocycles. The Hall–Kier alpha value is -2.89. The minimum Gasteiger partial charge on any atom is -0.453 e. The second-order valence-electron chi connectivity index (χ2n) is 7.77. The molecule has 152 valence electrons. The highest BCUT2D eigenvalue weighted by molar-refractivity contribution is 5.86. The Kier molecular flexibility index (Phi) is 5.79. The fourth-order valence-corrected chi connectivity index (χ4v) is 3.97. The van der Waals surface area contributed by atoms with Crippen LogP contribution in [0.25, 0.3) is 11.0 Å². The lowest BCUT2D eigenvalue weighted by atomic mass is 9.95. The van der Waals surface area contributed by atoms with E-state index in [-0.39, 0.29) is 11.7 Å². The number of H-pyrrole nitrogens is 1. The van der Waals surface area contributed by atoms with E-state index in [4.69, 9.17) is 4.74 Å². The van der Waals surface area contributed by atoms with E-state index in [9.17, 15) is 9.18 Å². The summed E-state index contributed by atoms with van der Waals surface area (Å²) in [6.07, 6.45) is 10.1. The molecule has 6 heteroatoms. The largest absolute Gasteiger partial charge is 0.453 e. The van der Waals surface area contributed by atoms with Gasteiger partial charge >= 0.3 is 0 Å². The molecule has 0 bridgehead atoms. The van der Waals surface area contributed by atoms with Crippen LogP contribution < -0.4 is 10.1 Å². The molecule has 2 N–H and O–H groups in total. The maximum atomic E-state index is 14.6. The molecule has 1 aromatic carbocycles. The quantitative estimate of drug-likeness (QED) is 0.604. The Morgan fingerprint density at radius 3 is 2.86 bits per heavy atom. The fourth-order valence-electron chi connectivity index (χ4n) is 3.97. The highest BCUT2D eigenvalue weighted by Gasteiger charge is 2.16. The lowest BCUT2D eigenvalue weighted by Gasteiger charge is -2.22. The van der Waals surface area contributed by atoms with Crippen molar-refractivity contribution in [1.82, 2.24) is 15.3 Å². The maximum absolute atomic E-state index is 14.6. The zero-order chi connectivity index (χ0) is 20.2. The monoisotopic (exact) mass is 395 g/mol. The molecule has 1 saturated carbocycles. The Balaban J connectivity index is 1.38. The molecule has 2 heterocycles. The number of hydrogen-bond donors (Lipinski definition) is 2. The van der Waals surface area contributed by atoms with Gasteiger partial charge in [-0.3, -0.25) is 4.79 Å². The first-order valence-corrected chi connectivity index (χ1v) is 10.3. The number of fused-ring (bicyclic) bond motifs is 1. The first-order chi connectivity index (χ1) is 14.1. The zero-order valence-electron chi connectivity index (χ0n) is 16.6. The molecule has 1 aliphatic rings. The number of halogens is 1. The number of nitrogens with zero attached hydrogens (tertiary/aromatic N) is 1. The number of aryl methyl sites for hydroxylation is 2. The van der Waals surface area contributed by atoms with Gasteiger partial charge in [0.2, 0.25) is 5.91 Å². The van der Waals surface area contributed by atoms with Gasteiger partial charge in [0.25, 0.3) is 0 Å². The molecule has 0 unspecified atom stereocenters. The van der Waals surface area contributed by atoms with Crippen LogP contribution in [-0.4, -0.2) is 21.9 Å². The maximum Gasteiger partial charge on any atom is 0.220 e. The summed E-state index contributed by atoms with van der Waals surface area (Å²) in [5.41, 5.74) is 2.48. The summed E-state index contributed by atoms with van der Waals surface area (Å²) in [5.74, 6) is 0.328. The van der Waals surface area contributed by atoms with Gasteiger partial charge in [-0.2, -0.15) is 0 Å². The van der Waals surface area contributed by atoms with Gasteiger partial charge < -0.3 is 15.0 Å². The van der Waals surface area contributed by atoms with Gasteiger partial charge in [-0.15, -0.1) is 0 Å². The van der Waals surface area contributed by atoms with Crippen LogP contribution >= 0.6 is 0 Å². The minimum atomic E-state index is -0.437. The van der Waals surface area contributed by atoms with Crippen LogP contribution in [0.5, 0.6) is 11.5 Å². The molecule has 0 atom stereocenters. The molecule has 4 rings (SSSR count). The fraction of sp³-hybridized carbons (Fsp3) is 0.391.